The summed E-state index contributed by atoms with van der Waals surface area (Å²) in [7, 11) is 0. The van der Waals surface area contributed by atoms with Crippen LogP contribution in [0.5, 0.6) is 5.75 Å². The number of carbonyl (C=O) groups is 2. The Morgan fingerprint density at radius 2 is 1.65 bits per heavy atom. The average Bonchev–Trinajstić information content (AvgIpc) is 3.22. The van der Waals surface area contributed by atoms with Crippen molar-refractivity contribution in [2.75, 3.05) is 5.32 Å². The minimum absolute atomic E-state index is 0.0241. The zero-order chi connectivity index (χ0) is 24.1. The molecule has 0 saturated heterocycles. The molecule has 0 spiro atoms. The van der Waals surface area contributed by atoms with Crippen LogP contribution >= 0.6 is 11.8 Å². The second kappa shape index (κ2) is 10.4. The third-order valence-electron chi connectivity index (χ3n) is 5.24. The molecule has 8 heteroatoms. The maximum Gasteiger partial charge on any atom is 0.237 e. The van der Waals surface area contributed by atoms with Gasteiger partial charge in [0.05, 0.1) is 11.8 Å². The van der Waals surface area contributed by atoms with Crippen LogP contribution in [0.15, 0.2) is 84.0 Å². The molecule has 4 rings (SSSR count). The van der Waals surface area contributed by atoms with Crippen molar-refractivity contribution in [1.82, 2.24) is 14.8 Å². The first-order valence-corrected chi connectivity index (χ1v) is 11.6. The zero-order valence-corrected chi connectivity index (χ0v) is 19.6. The zero-order valence-electron chi connectivity index (χ0n) is 18.8. The van der Waals surface area contributed by atoms with Crippen molar-refractivity contribution in [1.29, 1.82) is 0 Å². The monoisotopic (exact) mass is 472 g/mol. The summed E-state index contributed by atoms with van der Waals surface area (Å²) in [5, 5.41) is 21.5. The van der Waals surface area contributed by atoms with Gasteiger partial charge in [-0.25, -0.2) is 0 Å². The van der Waals surface area contributed by atoms with E-state index in [1.807, 2.05) is 41.8 Å². The van der Waals surface area contributed by atoms with Crippen LogP contribution in [0.4, 0.5) is 5.69 Å². The molecular weight excluding hydrogens is 448 g/mol. The maximum absolute atomic E-state index is 12.8. The molecule has 3 aromatic carbocycles. The Morgan fingerprint density at radius 1 is 0.971 bits per heavy atom. The van der Waals surface area contributed by atoms with Crippen LogP contribution in [-0.4, -0.2) is 36.8 Å². The highest BCUT2D eigenvalue weighted by molar-refractivity contribution is 8.00. The van der Waals surface area contributed by atoms with Crippen molar-refractivity contribution in [2.24, 2.45) is 0 Å². The number of phenols is 1. The summed E-state index contributed by atoms with van der Waals surface area (Å²) >= 11 is 1.32. The molecule has 0 fully saturated rings. The quantitative estimate of drug-likeness (QED) is 0.276. The topological polar surface area (TPSA) is 97.1 Å². The molecule has 0 aliphatic carbocycles. The fourth-order valence-corrected chi connectivity index (χ4v) is 4.20. The lowest BCUT2D eigenvalue weighted by Crippen LogP contribution is -2.23. The summed E-state index contributed by atoms with van der Waals surface area (Å²) in [4.78, 5) is 24.3. The van der Waals surface area contributed by atoms with E-state index >= 15 is 0 Å². The lowest BCUT2D eigenvalue weighted by Gasteiger charge is -2.14. The van der Waals surface area contributed by atoms with Gasteiger partial charge in [0, 0.05) is 16.8 Å². The number of aromatic hydroxyl groups is 1. The lowest BCUT2D eigenvalue weighted by atomic mass is 10.1. The van der Waals surface area contributed by atoms with Crippen molar-refractivity contribution in [3.8, 4) is 17.1 Å². The molecule has 1 heterocycles. The van der Waals surface area contributed by atoms with E-state index in [1.54, 1.807) is 48.5 Å². The van der Waals surface area contributed by atoms with E-state index in [0.29, 0.717) is 28.8 Å². The fraction of sp³-hybridized carbons (Fsp3) is 0.154. The summed E-state index contributed by atoms with van der Waals surface area (Å²) in [5.41, 5.74) is 3.11. The maximum atomic E-state index is 12.8. The van der Waals surface area contributed by atoms with Crippen molar-refractivity contribution in [3.63, 3.8) is 0 Å². The van der Waals surface area contributed by atoms with Crippen molar-refractivity contribution >= 4 is 29.1 Å². The largest absolute Gasteiger partial charge is 0.508 e. The van der Waals surface area contributed by atoms with Gasteiger partial charge in [-0.05, 0) is 67.9 Å². The number of hydrogen-bond acceptors (Lipinski definition) is 6. The Kier molecular flexibility index (Phi) is 7.08. The van der Waals surface area contributed by atoms with Gasteiger partial charge in [0.2, 0.25) is 5.91 Å². The first-order chi connectivity index (χ1) is 16.4. The van der Waals surface area contributed by atoms with Crippen molar-refractivity contribution in [3.05, 3.63) is 90.0 Å². The molecule has 0 aliphatic heterocycles. The number of nitrogens with one attached hydrogen (secondary N) is 1. The molecule has 0 aliphatic rings. The molecule has 0 bridgehead atoms. The van der Waals surface area contributed by atoms with Gasteiger partial charge in [-0.2, -0.15) is 0 Å². The molecule has 1 atom stereocenters. The molecule has 7 nitrogen and oxygen atoms in total. The second-order valence-corrected chi connectivity index (χ2v) is 9.12. The number of nitrogens with zero attached hydrogens (tertiary/aromatic N) is 3. The molecule has 1 unspecified atom stereocenters. The summed E-state index contributed by atoms with van der Waals surface area (Å²) in [6.45, 7) is 3.85. The van der Waals surface area contributed by atoms with E-state index in [9.17, 15) is 14.7 Å². The fourth-order valence-electron chi connectivity index (χ4n) is 3.35. The minimum Gasteiger partial charge on any atom is -0.508 e. The van der Waals surface area contributed by atoms with E-state index < -0.39 is 5.25 Å². The van der Waals surface area contributed by atoms with Crippen LogP contribution < -0.4 is 5.32 Å². The minimum atomic E-state index is -0.445. The predicted molar refractivity (Wildman–Crippen MR) is 133 cm³/mol. The Balaban J connectivity index is 1.55. The number of benzene rings is 3. The summed E-state index contributed by atoms with van der Waals surface area (Å²) < 4.78 is 1.97. The predicted octanol–water partition coefficient (Wildman–Crippen LogP) is 5.02. The van der Waals surface area contributed by atoms with E-state index in [2.05, 4.69) is 15.5 Å². The number of rotatable bonds is 8. The third kappa shape index (κ3) is 5.52. The van der Waals surface area contributed by atoms with Gasteiger partial charge < -0.3 is 10.4 Å². The SMILES string of the molecule is CC(=O)c1ccc(NC(=O)C(C)Sc2nnc(-c3ccc(O)cc3)n2Cc2ccccc2)cc1. The Morgan fingerprint density at radius 3 is 2.29 bits per heavy atom. The van der Waals surface area contributed by atoms with Gasteiger partial charge >= 0.3 is 0 Å². The first-order valence-electron chi connectivity index (χ1n) is 10.8. The lowest BCUT2D eigenvalue weighted by molar-refractivity contribution is -0.115. The highest BCUT2D eigenvalue weighted by atomic mass is 32.2. The highest BCUT2D eigenvalue weighted by Gasteiger charge is 2.21. The van der Waals surface area contributed by atoms with E-state index in [0.717, 1.165) is 11.1 Å². The number of amides is 1. The van der Waals surface area contributed by atoms with E-state index in [4.69, 9.17) is 0 Å². The van der Waals surface area contributed by atoms with Gasteiger partial charge in [-0.1, -0.05) is 42.1 Å². The summed E-state index contributed by atoms with van der Waals surface area (Å²) in [5.74, 6) is 0.623. The molecular formula is C26H24N4O3S. The molecule has 34 heavy (non-hydrogen) atoms. The third-order valence-corrected chi connectivity index (χ3v) is 6.32. The van der Waals surface area contributed by atoms with Gasteiger partial charge in [0.25, 0.3) is 0 Å². The van der Waals surface area contributed by atoms with Crippen LogP contribution in [0.25, 0.3) is 11.4 Å². The van der Waals surface area contributed by atoms with Gasteiger partial charge in [-0.15, -0.1) is 10.2 Å². The van der Waals surface area contributed by atoms with E-state index in [-0.39, 0.29) is 17.4 Å². The molecule has 0 saturated carbocycles. The van der Waals surface area contributed by atoms with Gasteiger partial charge in [-0.3, -0.25) is 14.2 Å². The first kappa shape index (κ1) is 23.3. The number of aromatic nitrogens is 3. The van der Waals surface area contributed by atoms with Crippen LogP contribution in [0.1, 0.15) is 29.8 Å². The normalized spacial score (nSPS) is 11.7. The number of phenolic OH excluding ortho intramolecular Hbond substituents is 1. The Labute approximate surface area is 201 Å². The Bertz CT molecular complexity index is 1290. The summed E-state index contributed by atoms with van der Waals surface area (Å²) in [6.07, 6.45) is 0. The number of ketones is 1. The standard InChI is InChI=1S/C26H24N4O3S/c1-17(31)20-8-12-22(13-9-20)27-25(33)18(2)34-26-29-28-24(21-10-14-23(32)15-11-21)30(26)16-19-6-4-3-5-7-19/h3-15,18,32H,16H2,1-2H3,(H,27,33). The second-order valence-electron chi connectivity index (χ2n) is 7.81. The number of thioether (sulfide) groups is 1. The Hall–Kier alpha value is -3.91. The molecule has 172 valence electrons. The van der Waals surface area contributed by atoms with Gasteiger partial charge in [0.1, 0.15) is 5.75 Å². The van der Waals surface area contributed by atoms with Crippen LogP contribution in [-0.2, 0) is 11.3 Å². The smallest absolute Gasteiger partial charge is 0.237 e. The molecule has 1 amide bonds. The number of carbonyl (C=O) groups excluding carboxylic acids is 2. The molecule has 2 N–H and O–H groups in total. The number of anilines is 1. The van der Waals surface area contributed by atoms with Crippen molar-refractivity contribution < 1.29 is 14.7 Å². The molecule has 4 aromatic rings. The molecule has 0 radical (unpaired) electrons. The van der Waals surface area contributed by atoms with Crippen LogP contribution in [0.2, 0.25) is 0 Å². The average molecular weight is 473 g/mol. The van der Waals surface area contributed by atoms with Gasteiger partial charge in [0.15, 0.2) is 16.8 Å². The van der Waals surface area contributed by atoms with Crippen molar-refractivity contribution in [2.45, 2.75) is 30.8 Å². The summed E-state index contributed by atoms with van der Waals surface area (Å²) in [6, 6.07) is 23.6. The number of Topliss-reactive ketones (excluding diaryl/α,β-unsaturated/α-hetero) is 1. The molecule has 1 aromatic heterocycles. The number of hydrogen-bond donors (Lipinski definition) is 2. The van der Waals surface area contributed by atoms with Crippen LogP contribution in [0, 0.1) is 0 Å². The van der Waals surface area contributed by atoms with E-state index in [1.165, 1.54) is 18.7 Å². The van der Waals surface area contributed by atoms with Crippen LogP contribution in [0.3, 0.4) is 0 Å². The highest BCUT2D eigenvalue weighted by Crippen LogP contribution is 2.29.